The number of alkyl halides is 2. The molecular weight excluding hydrogens is 400 g/mol. The van der Waals surface area contributed by atoms with Crippen molar-refractivity contribution in [2.45, 2.75) is 24.3 Å². The van der Waals surface area contributed by atoms with Crippen LogP contribution in [-0.4, -0.2) is 46.8 Å². The van der Waals surface area contributed by atoms with Crippen molar-refractivity contribution in [2.24, 2.45) is 0 Å². The van der Waals surface area contributed by atoms with Crippen LogP contribution in [0.5, 0.6) is 0 Å². The molecule has 1 saturated heterocycles. The molecule has 1 unspecified atom stereocenters. The number of nitrogens with zero attached hydrogens (tertiary/aromatic N) is 2. The Bertz CT molecular complexity index is 795. The number of piperazine rings is 1. The molecule has 150 valence electrons. The molecule has 0 aliphatic carbocycles. The lowest BCUT2D eigenvalue weighted by atomic mass is 10.1. The van der Waals surface area contributed by atoms with Gasteiger partial charge in [0.1, 0.15) is 10.7 Å². The Morgan fingerprint density at radius 3 is 2.39 bits per heavy atom. The molecule has 1 aliphatic heterocycles. The van der Waals surface area contributed by atoms with Gasteiger partial charge in [-0.05, 0) is 29.7 Å². The van der Waals surface area contributed by atoms with Crippen molar-refractivity contribution in [1.29, 1.82) is 0 Å². The van der Waals surface area contributed by atoms with Gasteiger partial charge in [0.15, 0.2) is 0 Å². The van der Waals surface area contributed by atoms with E-state index in [1.165, 1.54) is 11.6 Å². The normalized spacial score (nSPS) is 16.2. The molecule has 7 heteroatoms. The van der Waals surface area contributed by atoms with Gasteiger partial charge in [-0.3, -0.25) is 4.90 Å². The maximum atomic E-state index is 13.9. The summed E-state index contributed by atoms with van der Waals surface area (Å²) in [5.74, 6) is -0.347. The van der Waals surface area contributed by atoms with E-state index in [9.17, 15) is 9.18 Å². The van der Waals surface area contributed by atoms with E-state index in [4.69, 9.17) is 23.2 Å². The van der Waals surface area contributed by atoms with Gasteiger partial charge in [0, 0.05) is 32.7 Å². The predicted octanol–water partition coefficient (Wildman–Crippen LogP) is 4.51. The van der Waals surface area contributed by atoms with Crippen molar-refractivity contribution in [2.75, 3.05) is 26.2 Å². The summed E-state index contributed by atoms with van der Waals surface area (Å²) in [5.41, 5.74) is 2.34. The molecule has 2 aromatic carbocycles. The molecular formula is C21H24Cl2FN3O. The number of hydrogen-bond acceptors (Lipinski definition) is 2. The highest BCUT2D eigenvalue weighted by Gasteiger charge is 2.27. The van der Waals surface area contributed by atoms with Crippen molar-refractivity contribution in [1.82, 2.24) is 15.1 Å². The van der Waals surface area contributed by atoms with E-state index in [1.807, 2.05) is 18.2 Å². The van der Waals surface area contributed by atoms with Crippen molar-refractivity contribution in [3.05, 3.63) is 71.0 Å². The number of carbonyl (C=O) groups is 1. The minimum absolute atomic E-state index is 0.239. The van der Waals surface area contributed by atoms with E-state index < -0.39 is 10.9 Å². The lowest BCUT2D eigenvalue weighted by molar-refractivity contribution is 0.133. The minimum atomic E-state index is -0.884. The van der Waals surface area contributed by atoms with Gasteiger partial charge < -0.3 is 10.2 Å². The lowest BCUT2D eigenvalue weighted by Gasteiger charge is -2.35. The highest BCUT2D eigenvalue weighted by molar-refractivity contribution is 6.44. The van der Waals surface area contributed by atoms with E-state index in [2.05, 4.69) is 22.3 Å². The molecule has 0 radical (unpaired) electrons. The van der Waals surface area contributed by atoms with E-state index in [0.717, 1.165) is 19.6 Å². The van der Waals surface area contributed by atoms with Gasteiger partial charge in [-0.15, -0.1) is 23.2 Å². The summed E-state index contributed by atoms with van der Waals surface area (Å²) in [5, 5.41) is 2.85. The molecule has 0 saturated carbocycles. The van der Waals surface area contributed by atoms with Gasteiger partial charge in [-0.25, -0.2) is 9.18 Å². The van der Waals surface area contributed by atoms with Crippen LogP contribution < -0.4 is 5.32 Å². The Hall–Kier alpha value is -1.82. The Kier molecular flexibility index (Phi) is 7.16. The third-order valence-corrected chi connectivity index (χ3v) is 5.50. The molecule has 1 aliphatic rings. The molecule has 28 heavy (non-hydrogen) atoms. The molecule has 2 aromatic rings. The standard InChI is InChI=1S/C21H24Cl2FN3O/c1-15-7-8-17(13-18(15)24)19(20(22)23)25-21(28)27-11-9-26(10-12-27)14-16-5-3-2-4-6-16/h2-8,13,19-20H,9-12,14H2,1H3,(H,25,28). The first-order valence-corrected chi connectivity index (χ1v) is 10.2. The van der Waals surface area contributed by atoms with Crippen LogP contribution in [0, 0.1) is 12.7 Å². The minimum Gasteiger partial charge on any atom is -0.328 e. The lowest BCUT2D eigenvalue weighted by Crippen LogP contribution is -2.52. The molecule has 1 atom stereocenters. The zero-order valence-corrected chi connectivity index (χ0v) is 17.3. The van der Waals surface area contributed by atoms with Crippen LogP contribution in [0.2, 0.25) is 0 Å². The van der Waals surface area contributed by atoms with Gasteiger partial charge in [0.25, 0.3) is 0 Å². The Labute approximate surface area is 175 Å². The number of hydrogen-bond donors (Lipinski definition) is 1. The van der Waals surface area contributed by atoms with E-state index in [1.54, 1.807) is 24.0 Å². The monoisotopic (exact) mass is 423 g/mol. The van der Waals surface area contributed by atoms with Crippen molar-refractivity contribution >= 4 is 29.2 Å². The Morgan fingerprint density at radius 1 is 1.11 bits per heavy atom. The Morgan fingerprint density at radius 2 is 1.79 bits per heavy atom. The van der Waals surface area contributed by atoms with Crippen LogP contribution in [0.15, 0.2) is 48.5 Å². The summed E-state index contributed by atoms with van der Waals surface area (Å²) in [6, 6.07) is 14.1. The van der Waals surface area contributed by atoms with Crippen molar-refractivity contribution in [3.63, 3.8) is 0 Å². The number of halogens is 3. The smallest absolute Gasteiger partial charge is 0.318 e. The molecule has 1 N–H and O–H groups in total. The first-order chi connectivity index (χ1) is 13.4. The fraction of sp³-hybridized carbons (Fsp3) is 0.381. The fourth-order valence-corrected chi connectivity index (χ4v) is 3.69. The molecule has 2 amide bonds. The topological polar surface area (TPSA) is 35.6 Å². The van der Waals surface area contributed by atoms with Crippen LogP contribution in [0.25, 0.3) is 0 Å². The van der Waals surface area contributed by atoms with Gasteiger partial charge in [-0.2, -0.15) is 0 Å². The SMILES string of the molecule is Cc1ccc(C(NC(=O)N2CCN(Cc3ccccc3)CC2)C(Cl)Cl)cc1F. The summed E-state index contributed by atoms with van der Waals surface area (Å²) in [7, 11) is 0. The van der Waals surface area contributed by atoms with Crippen LogP contribution in [0.1, 0.15) is 22.7 Å². The number of amides is 2. The summed E-state index contributed by atoms with van der Waals surface area (Å²) < 4.78 is 13.9. The highest BCUT2D eigenvalue weighted by Crippen LogP contribution is 2.26. The first-order valence-electron chi connectivity index (χ1n) is 9.30. The third kappa shape index (κ3) is 5.37. The van der Waals surface area contributed by atoms with E-state index in [0.29, 0.717) is 24.2 Å². The molecule has 0 aromatic heterocycles. The zero-order chi connectivity index (χ0) is 20.1. The van der Waals surface area contributed by atoms with Gasteiger partial charge in [0.2, 0.25) is 0 Å². The third-order valence-electron chi connectivity index (χ3n) is 4.99. The predicted molar refractivity (Wildman–Crippen MR) is 111 cm³/mol. The second kappa shape index (κ2) is 9.59. The highest BCUT2D eigenvalue weighted by atomic mass is 35.5. The number of nitrogens with one attached hydrogen (secondary N) is 1. The molecule has 0 bridgehead atoms. The maximum Gasteiger partial charge on any atom is 0.318 e. The number of rotatable bonds is 5. The maximum absolute atomic E-state index is 13.9. The molecule has 1 heterocycles. The van der Waals surface area contributed by atoms with Crippen molar-refractivity contribution < 1.29 is 9.18 Å². The van der Waals surface area contributed by atoms with Gasteiger partial charge >= 0.3 is 6.03 Å². The van der Waals surface area contributed by atoms with Crippen LogP contribution >= 0.6 is 23.2 Å². The average Bonchev–Trinajstić information content (AvgIpc) is 2.69. The number of benzene rings is 2. The molecule has 4 nitrogen and oxygen atoms in total. The Balaban J connectivity index is 1.57. The summed E-state index contributed by atoms with van der Waals surface area (Å²) in [6.45, 7) is 5.36. The zero-order valence-electron chi connectivity index (χ0n) is 15.7. The van der Waals surface area contributed by atoms with Crippen LogP contribution in [0.4, 0.5) is 9.18 Å². The van der Waals surface area contributed by atoms with Gasteiger partial charge in [0.05, 0.1) is 6.04 Å². The number of carbonyl (C=O) groups excluding carboxylic acids is 1. The number of urea groups is 1. The van der Waals surface area contributed by atoms with Crippen LogP contribution in [-0.2, 0) is 6.54 Å². The summed E-state index contributed by atoms with van der Waals surface area (Å²) in [4.78, 5) is 15.9. The fourth-order valence-electron chi connectivity index (χ4n) is 3.27. The summed E-state index contributed by atoms with van der Waals surface area (Å²) >= 11 is 12.1. The number of aryl methyl sites for hydroxylation is 1. The van der Waals surface area contributed by atoms with Crippen LogP contribution in [0.3, 0.4) is 0 Å². The molecule has 1 fully saturated rings. The quantitative estimate of drug-likeness (QED) is 0.718. The van der Waals surface area contributed by atoms with E-state index in [-0.39, 0.29) is 11.8 Å². The molecule has 3 rings (SSSR count). The molecule has 0 spiro atoms. The largest absolute Gasteiger partial charge is 0.328 e. The average molecular weight is 424 g/mol. The second-order valence-corrected chi connectivity index (χ2v) is 8.18. The first kappa shape index (κ1) is 20.9. The second-order valence-electron chi connectivity index (χ2n) is 7.02. The van der Waals surface area contributed by atoms with Crippen molar-refractivity contribution in [3.8, 4) is 0 Å². The van der Waals surface area contributed by atoms with E-state index >= 15 is 0 Å². The summed E-state index contributed by atoms with van der Waals surface area (Å²) in [6.07, 6.45) is 0. The van der Waals surface area contributed by atoms with Gasteiger partial charge in [-0.1, -0.05) is 42.5 Å².